The molecule has 0 aromatic heterocycles. The van der Waals surface area contributed by atoms with Crippen LogP contribution >= 0.6 is 15.8 Å². The molecule has 0 bridgehead atoms. The van der Waals surface area contributed by atoms with E-state index in [4.69, 9.17) is 12.8 Å². The smallest absolute Gasteiger partial charge is 0.366 e. The predicted octanol–water partition coefficient (Wildman–Crippen LogP) is 13.8. The number of fused-ring (bicyclic) bond motifs is 6. The normalized spacial score (nSPS) is 10.5. The summed E-state index contributed by atoms with van der Waals surface area (Å²) in [5.41, 5.74) is 7.45. The molecule has 10 aromatic carbocycles. The third-order valence-corrected chi connectivity index (χ3v) is 19.2. The monoisotopic (exact) mass is 1250 g/mol. The Hall–Kier alpha value is -5.30. The average molecular weight is 1250 g/mol. The molecule has 4 heteroatoms. The molecule has 0 nitrogen and oxygen atoms in total. The summed E-state index contributed by atoms with van der Waals surface area (Å²) in [6.45, 7) is 9.14. The first kappa shape index (κ1) is 50.1. The number of aryl methyl sites for hydroxylation is 4. The summed E-state index contributed by atoms with van der Waals surface area (Å²) < 4.78 is 0. The van der Waals surface area contributed by atoms with Crippen molar-refractivity contribution in [3.63, 3.8) is 0 Å². The van der Waals surface area contributed by atoms with Gasteiger partial charge in [0.05, 0.1) is 37.1 Å². The van der Waals surface area contributed by atoms with Crippen LogP contribution in [0.3, 0.4) is 0 Å². The molecule has 0 amide bonds. The van der Waals surface area contributed by atoms with Gasteiger partial charge >= 0.3 is 44.8 Å². The predicted molar refractivity (Wildman–Crippen MR) is 285 cm³/mol. The maximum atomic E-state index is 7.35. The maximum Gasteiger partial charge on any atom is 1.00 e. The van der Waals surface area contributed by atoms with Crippen LogP contribution in [-0.4, -0.2) is 12.3 Å². The molecule has 0 aliphatic rings. The van der Waals surface area contributed by atoms with Gasteiger partial charge in [0, 0.05) is 0 Å². The molecule has 330 valence electrons. The zero-order valence-corrected chi connectivity index (χ0v) is 44.0. The van der Waals surface area contributed by atoms with Crippen molar-refractivity contribution in [1.82, 2.24) is 0 Å². The minimum Gasteiger partial charge on any atom is -0.366 e. The average Bonchev–Trinajstić information content (AvgIpc) is 3.34. The zero-order valence-electron chi connectivity index (χ0n) is 37.6. The van der Waals surface area contributed by atoms with Crippen LogP contribution in [0, 0.1) is 52.4 Å². The summed E-state index contributed by atoms with van der Waals surface area (Å²) >= 11 is 0. The standard InChI is InChI=1S/C30H32P2.2C16H9.2Au/c1-23-13-5-9-17-27(23)31(28-18-10-6-14-24(28)2)21-22-32(29-19-11-7-15-25(29)3)30-20-12-8-16-26(30)4;2*1-2-12-11-13-7-3-4-9-15(13)16-10-6-5-8-14(12)16;;/h5-20H,21-22H2,1-4H3;2*3-11H;;/q;2*-1;2*+1/p+2. The van der Waals surface area contributed by atoms with E-state index in [0.29, 0.717) is 0 Å². The van der Waals surface area contributed by atoms with E-state index in [0.717, 1.165) is 32.7 Å². The van der Waals surface area contributed by atoms with Gasteiger partial charge in [-0.15, -0.1) is 23.3 Å². The summed E-state index contributed by atoms with van der Waals surface area (Å²) in [5.74, 6) is 5.02. The molecule has 0 radical (unpaired) electrons. The Kier molecular flexibility index (Phi) is 18.2. The summed E-state index contributed by atoms with van der Waals surface area (Å²) in [7, 11) is -1.74. The Morgan fingerprint density at radius 1 is 0.318 bits per heavy atom. The van der Waals surface area contributed by atoms with Gasteiger partial charge in [-0.25, -0.2) is 0 Å². The quantitative estimate of drug-likeness (QED) is 0.0490. The van der Waals surface area contributed by atoms with Gasteiger partial charge in [0.2, 0.25) is 0 Å². The van der Waals surface area contributed by atoms with Crippen molar-refractivity contribution in [3.8, 4) is 11.8 Å². The van der Waals surface area contributed by atoms with E-state index >= 15 is 0 Å². The molecule has 0 unspecified atom stereocenters. The van der Waals surface area contributed by atoms with E-state index < -0.39 is 15.8 Å². The number of hydrogen-bond acceptors (Lipinski definition) is 0. The van der Waals surface area contributed by atoms with Gasteiger partial charge in [-0.05, 0) is 107 Å². The Labute approximate surface area is 425 Å². The van der Waals surface area contributed by atoms with Gasteiger partial charge in [-0.2, -0.15) is 0 Å². The summed E-state index contributed by atoms with van der Waals surface area (Å²) in [4.78, 5) is 0. The van der Waals surface area contributed by atoms with Crippen LogP contribution in [0.4, 0.5) is 0 Å². The molecule has 0 fully saturated rings. The van der Waals surface area contributed by atoms with Crippen molar-refractivity contribution < 1.29 is 44.8 Å². The fourth-order valence-corrected chi connectivity index (χ4v) is 16.1. The molecule has 10 rings (SSSR count). The second-order valence-electron chi connectivity index (χ2n) is 16.3. The number of benzene rings is 10. The number of rotatable bonds is 7. The van der Waals surface area contributed by atoms with Crippen molar-refractivity contribution in [1.29, 1.82) is 0 Å². The van der Waals surface area contributed by atoms with Crippen LogP contribution < -0.4 is 21.2 Å². The van der Waals surface area contributed by atoms with Crippen LogP contribution in [0.15, 0.2) is 206 Å². The number of hydrogen-bond donors (Lipinski definition) is 0. The first-order valence-electron chi connectivity index (χ1n) is 22.0. The Bertz CT molecular complexity index is 3020. The summed E-state index contributed by atoms with van der Waals surface area (Å²) in [6.07, 6.45) is 17.2. The molecule has 0 saturated heterocycles. The van der Waals surface area contributed by atoms with Crippen LogP contribution in [-0.2, 0) is 44.8 Å². The molecule has 0 aliphatic heterocycles. The molecule has 66 heavy (non-hydrogen) atoms. The fraction of sp³-hybridized carbons (Fsp3) is 0.0968. The van der Waals surface area contributed by atoms with Crippen LogP contribution in [0.2, 0.25) is 0 Å². The van der Waals surface area contributed by atoms with Crippen molar-refractivity contribution >= 4 is 80.2 Å². The first-order chi connectivity index (χ1) is 31.4. The van der Waals surface area contributed by atoms with Gasteiger partial charge in [-0.3, -0.25) is 11.8 Å². The van der Waals surface area contributed by atoms with Gasteiger partial charge in [0.15, 0.2) is 0 Å². The van der Waals surface area contributed by atoms with E-state index in [-0.39, 0.29) is 44.8 Å². The van der Waals surface area contributed by atoms with Crippen LogP contribution in [0.25, 0.3) is 43.1 Å². The minimum absolute atomic E-state index is 0. The van der Waals surface area contributed by atoms with Gasteiger partial charge in [0.25, 0.3) is 0 Å². The Balaban J connectivity index is 0.000000177. The van der Waals surface area contributed by atoms with Crippen molar-refractivity contribution in [3.05, 3.63) is 252 Å². The van der Waals surface area contributed by atoms with Crippen LogP contribution in [0.5, 0.6) is 0 Å². The first-order valence-corrected chi connectivity index (χ1v) is 25.4. The minimum atomic E-state index is -0.869. The van der Waals surface area contributed by atoms with Gasteiger partial charge in [0.1, 0.15) is 12.3 Å². The second-order valence-corrected chi connectivity index (χ2v) is 21.4. The molecule has 0 aliphatic carbocycles. The zero-order chi connectivity index (χ0) is 44.4. The van der Waals surface area contributed by atoms with E-state index in [1.54, 1.807) is 21.2 Å². The summed E-state index contributed by atoms with van der Waals surface area (Å²) in [6, 6.07) is 73.1. The molecule has 0 heterocycles. The molecule has 0 spiro atoms. The van der Waals surface area contributed by atoms with Gasteiger partial charge in [-0.1, -0.05) is 181 Å². The van der Waals surface area contributed by atoms with Crippen molar-refractivity contribution in [2.24, 2.45) is 0 Å². The fourth-order valence-electron chi connectivity index (χ4n) is 9.04. The molecular formula is C62H52Au2P2+2. The summed E-state index contributed by atoms with van der Waals surface area (Å²) in [5, 5.41) is 15.6. The van der Waals surface area contributed by atoms with E-state index in [2.05, 4.69) is 173 Å². The third-order valence-electron chi connectivity index (χ3n) is 12.3. The Morgan fingerprint density at radius 2 is 0.561 bits per heavy atom. The molecule has 10 aromatic rings. The third kappa shape index (κ3) is 11.3. The van der Waals surface area contributed by atoms with E-state index in [1.807, 2.05) is 72.8 Å². The molecule has 0 N–H and O–H groups in total. The molecular weight excluding hydrogens is 1200 g/mol. The van der Waals surface area contributed by atoms with Crippen molar-refractivity contribution in [2.45, 2.75) is 27.7 Å². The maximum absolute atomic E-state index is 7.35. The van der Waals surface area contributed by atoms with E-state index in [1.165, 1.54) is 56.1 Å². The topological polar surface area (TPSA) is 0 Å². The SMILES string of the molecule is Cc1ccccc1[PH+](CC[PH+](c1ccccc1C)c1ccccc1C)c1ccccc1C.[Au+].[Au+].[C-]#Cc1cc2ccccc2c2ccccc12.[C-]#Cc1cc2ccccc2c2ccccc12. The van der Waals surface area contributed by atoms with Crippen LogP contribution in [0.1, 0.15) is 33.4 Å². The largest absolute Gasteiger partial charge is 1.00 e. The van der Waals surface area contributed by atoms with E-state index in [9.17, 15) is 0 Å². The molecule has 0 saturated carbocycles. The van der Waals surface area contributed by atoms with Gasteiger partial charge < -0.3 is 12.8 Å². The Morgan fingerprint density at radius 3 is 0.848 bits per heavy atom. The molecule has 0 atom stereocenters. The van der Waals surface area contributed by atoms with Crippen molar-refractivity contribution in [2.75, 3.05) is 12.3 Å². The second kappa shape index (κ2) is 23.9.